The fourth-order valence-corrected chi connectivity index (χ4v) is 3.54. The molecule has 1 aromatic carbocycles. The van der Waals surface area contributed by atoms with Crippen molar-refractivity contribution >= 4 is 13.3 Å². The monoisotopic (exact) mass is 293 g/mol. The summed E-state index contributed by atoms with van der Waals surface area (Å²) in [4.78, 5) is 0. The molecule has 3 heteroatoms. The van der Waals surface area contributed by atoms with Crippen molar-refractivity contribution in [2.24, 2.45) is 5.41 Å². The Bertz CT molecular complexity index is 382. The van der Waals surface area contributed by atoms with E-state index in [1.807, 2.05) is 0 Å². The molecule has 0 radical (unpaired) electrons. The summed E-state index contributed by atoms with van der Waals surface area (Å²) in [5, 5.41) is 14.6. The van der Waals surface area contributed by atoms with Gasteiger partial charge in [0, 0.05) is 25.1 Å². The van der Waals surface area contributed by atoms with Crippen molar-refractivity contribution in [2.75, 3.05) is 13.2 Å². The third kappa shape index (κ3) is 4.72. The first-order chi connectivity index (χ1) is 9.37. The minimum Gasteiger partial charge on any atom is -0.396 e. The van der Waals surface area contributed by atoms with Gasteiger partial charge in [-0.1, -0.05) is 62.9 Å². The molecule has 0 aliphatic heterocycles. The molecule has 1 aromatic rings. The Morgan fingerprint density at radius 1 is 1.05 bits per heavy atom. The molecule has 0 saturated carbocycles. The Morgan fingerprint density at radius 2 is 1.60 bits per heavy atom. The van der Waals surface area contributed by atoms with E-state index in [1.54, 1.807) is 0 Å². The highest BCUT2D eigenvalue weighted by Crippen LogP contribution is 2.24. The van der Waals surface area contributed by atoms with E-state index in [0.717, 1.165) is 25.9 Å². The molecule has 2 N–H and O–H groups in total. The number of hydrogen-bond donors (Lipinski definition) is 2. The van der Waals surface area contributed by atoms with Crippen molar-refractivity contribution < 1.29 is 5.11 Å². The summed E-state index contributed by atoms with van der Waals surface area (Å²) in [5.41, 5.74) is 1.36. The average molecular weight is 294 g/mol. The summed E-state index contributed by atoms with van der Waals surface area (Å²) in [7, 11) is -1.19. The minimum absolute atomic E-state index is 0.0399. The lowest BCUT2D eigenvalue weighted by atomic mass is 9.83. The first-order valence-electron chi connectivity index (χ1n) is 7.78. The summed E-state index contributed by atoms with van der Waals surface area (Å²) in [6.45, 7) is 13.5. The van der Waals surface area contributed by atoms with Gasteiger partial charge in [-0.15, -0.1) is 0 Å². The van der Waals surface area contributed by atoms with E-state index in [9.17, 15) is 5.11 Å². The fraction of sp³-hybridized carbons (Fsp3) is 0.647. The Balaban J connectivity index is 2.54. The minimum atomic E-state index is -1.19. The smallest absolute Gasteiger partial charge is 0.0775 e. The van der Waals surface area contributed by atoms with Gasteiger partial charge < -0.3 is 10.4 Å². The highest BCUT2D eigenvalue weighted by Gasteiger charge is 2.24. The number of hydrogen-bond acceptors (Lipinski definition) is 2. The van der Waals surface area contributed by atoms with Gasteiger partial charge in [0.25, 0.3) is 0 Å². The van der Waals surface area contributed by atoms with Crippen molar-refractivity contribution in [3.63, 3.8) is 0 Å². The van der Waals surface area contributed by atoms with Crippen molar-refractivity contribution in [1.82, 2.24) is 5.32 Å². The zero-order valence-electron chi connectivity index (χ0n) is 13.8. The molecule has 0 aliphatic rings. The van der Waals surface area contributed by atoms with E-state index >= 15 is 0 Å². The van der Waals surface area contributed by atoms with Crippen LogP contribution in [0.2, 0.25) is 19.6 Å². The molecule has 0 spiro atoms. The van der Waals surface area contributed by atoms with Crippen LogP contribution < -0.4 is 10.5 Å². The fourth-order valence-electron chi connectivity index (χ4n) is 2.37. The zero-order chi connectivity index (χ0) is 15.2. The topological polar surface area (TPSA) is 32.3 Å². The molecule has 0 saturated heterocycles. The lowest BCUT2D eigenvalue weighted by Gasteiger charge is -2.29. The quantitative estimate of drug-likeness (QED) is 0.722. The van der Waals surface area contributed by atoms with Crippen LogP contribution in [0, 0.1) is 5.41 Å². The number of benzene rings is 1. The van der Waals surface area contributed by atoms with Crippen LogP contribution in [0.25, 0.3) is 0 Å². The first-order valence-corrected chi connectivity index (χ1v) is 11.3. The van der Waals surface area contributed by atoms with Gasteiger partial charge in [0.1, 0.15) is 0 Å². The van der Waals surface area contributed by atoms with Crippen molar-refractivity contribution in [3.8, 4) is 0 Å². The van der Waals surface area contributed by atoms with E-state index in [-0.39, 0.29) is 12.0 Å². The van der Waals surface area contributed by atoms with Gasteiger partial charge in [-0.3, -0.25) is 0 Å². The highest BCUT2D eigenvalue weighted by molar-refractivity contribution is 6.88. The molecule has 20 heavy (non-hydrogen) atoms. The maximum atomic E-state index is 9.56. The van der Waals surface area contributed by atoms with Crippen LogP contribution in [0.3, 0.4) is 0 Å². The number of aliphatic hydroxyl groups excluding tert-OH is 1. The molecule has 0 atom stereocenters. The van der Waals surface area contributed by atoms with E-state index in [0.29, 0.717) is 0 Å². The van der Waals surface area contributed by atoms with Gasteiger partial charge in [-0.2, -0.15) is 0 Å². The number of aliphatic hydroxyl groups is 1. The van der Waals surface area contributed by atoms with Gasteiger partial charge >= 0.3 is 0 Å². The maximum absolute atomic E-state index is 9.56. The molecule has 114 valence electrons. The molecule has 0 heterocycles. The van der Waals surface area contributed by atoms with Crippen molar-refractivity contribution in [3.05, 3.63) is 29.8 Å². The van der Waals surface area contributed by atoms with Crippen LogP contribution in [0.15, 0.2) is 24.3 Å². The van der Waals surface area contributed by atoms with E-state index < -0.39 is 8.07 Å². The average Bonchev–Trinajstić information content (AvgIpc) is 2.44. The van der Waals surface area contributed by atoms with Crippen molar-refractivity contribution in [1.29, 1.82) is 0 Å². The van der Waals surface area contributed by atoms with Crippen LogP contribution in [0.1, 0.15) is 32.3 Å². The molecule has 0 aliphatic carbocycles. The molecule has 0 fully saturated rings. The Hall–Kier alpha value is -0.643. The standard InChI is InChI=1S/C17H31NOSi/c1-6-17(7-2,14-19)13-18-12-15-8-10-16(11-9-15)20(3,4)5/h8-11,18-19H,6-7,12-14H2,1-5H3. The highest BCUT2D eigenvalue weighted by atomic mass is 28.3. The lowest BCUT2D eigenvalue weighted by molar-refractivity contribution is 0.113. The molecular formula is C17H31NOSi. The number of nitrogens with one attached hydrogen (secondary N) is 1. The van der Waals surface area contributed by atoms with Crippen LogP contribution in [-0.4, -0.2) is 26.3 Å². The van der Waals surface area contributed by atoms with Gasteiger partial charge in [0.2, 0.25) is 0 Å². The Kier molecular flexibility index (Phi) is 6.43. The zero-order valence-corrected chi connectivity index (χ0v) is 14.8. The van der Waals surface area contributed by atoms with E-state index in [1.165, 1.54) is 10.8 Å². The molecule has 0 aromatic heterocycles. The second kappa shape index (κ2) is 7.39. The van der Waals surface area contributed by atoms with Gasteiger partial charge in [-0.25, -0.2) is 0 Å². The SMILES string of the molecule is CCC(CC)(CO)CNCc1ccc([Si](C)(C)C)cc1. The summed E-state index contributed by atoms with van der Waals surface area (Å²) in [5.74, 6) is 0. The first kappa shape index (κ1) is 17.4. The Labute approximate surface area is 125 Å². The van der Waals surface area contributed by atoms with Gasteiger partial charge in [-0.05, 0) is 18.4 Å². The van der Waals surface area contributed by atoms with Gasteiger partial charge in [0.05, 0.1) is 8.07 Å². The van der Waals surface area contributed by atoms with E-state index in [2.05, 4.69) is 63.1 Å². The molecule has 1 rings (SSSR count). The third-order valence-corrected chi connectivity index (χ3v) is 6.55. The predicted molar refractivity (Wildman–Crippen MR) is 91.2 cm³/mol. The van der Waals surface area contributed by atoms with Crippen LogP contribution in [0.4, 0.5) is 0 Å². The van der Waals surface area contributed by atoms with Gasteiger partial charge in [0.15, 0.2) is 0 Å². The largest absolute Gasteiger partial charge is 0.396 e. The summed E-state index contributed by atoms with van der Waals surface area (Å²) >= 11 is 0. The summed E-state index contributed by atoms with van der Waals surface area (Å²) in [6.07, 6.45) is 2.03. The van der Waals surface area contributed by atoms with Crippen molar-refractivity contribution in [2.45, 2.75) is 52.9 Å². The molecule has 2 nitrogen and oxygen atoms in total. The summed E-state index contributed by atoms with van der Waals surface area (Å²) in [6, 6.07) is 9.03. The molecule has 0 bridgehead atoms. The van der Waals surface area contributed by atoms with Crippen LogP contribution >= 0.6 is 0 Å². The second-order valence-corrected chi connectivity index (χ2v) is 12.0. The normalized spacial score (nSPS) is 12.7. The molecule has 0 unspecified atom stereocenters. The lowest BCUT2D eigenvalue weighted by Crippen LogP contribution is -2.38. The second-order valence-electron chi connectivity index (χ2n) is 6.92. The van der Waals surface area contributed by atoms with Crippen LogP contribution in [0.5, 0.6) is 0 Å². The molecule has 0 amide bonds. The number of rotatable bonds is 8. The van der Waals surface area contributed by atoms with Crippen LogP contribution in [-0.2, 0) is 6.54 Å². The predicted octanol–water partition coefficient (Wildman–Crippen LogP) is 3.12. The Morgan fingerprint density at radius 3 is 2.00 bits per heavy atom. The third-order valence-electron chi connectivity index (χ3n) is 4.48. The van der Waals surface area contributed by atoms with E-state index in [4.69, 9.17) is 0 Å². The maximum Gasteiger partial charge on any atom is 0.0775 e. The molecular weight excluding hydrogens is 262 g/mol. The summed E-state index contributed by atoms with van der Waals surface area (Å²) < 4.78 is 0.